The van der Waals surface area contributed by atoms with Gasteiger partial charge in [-0.1, -0.05) is 79.7 Å². The Morgan fingerprint density at radius 2 is 1.33 bits per heavy atom. The Balaban J connectivity index is 1.85. The van der Waals surface area contributed by atoms with Crippen LogP contribution >= 0.6 is 23.5 Å². The van der Waals surface area contributed by atoms with Crippen molar-refractivity contribution < 1.29 is 9.59 Å². The minimum absolute atomic E-state index is 0.245. The van der Waals surface area contributed by atoms with Crippen LogP contribution in [0.25, 0.3) is 12.2 Å². The Kier molecular flexibility index (Phi) is 6.91. The maximum atomic E-state index is 12.8. The number of carbonyl (C=O) groups excluding carboxylic acids is 2. The highest BCUT2D eigenvalue weighted by Crippen LogP contribution is 2.43. The van der Waals surface area contributed by atoms with Crippen molar-refractivity contribution in [3.05, 3.63) is 93.8 Å². The Morgan fingerprint density at radius 1 is 0.852 bits per heavy atom. The van der Waals surface area contributed by atoms with Gasteiger partial charge in [0.1, 0.15) is 0 Å². The van der Waals surface area contributed by atoms with Gasteiger partial charge in [0.15, 0.2) is 11.6 Å². The van der Waals surface area contributed by atoms with Crippen LogP contribution in [0.2, 0.25) is 0 Å². The average Bonchev–Trinajstić information content (AvgIpc) is 3.12. The molecule has 136 valence electrons. The van der Waals surface area contributed by atoms with Crippen LogP contribution in [0.1, 0.15) is 18.1 Å². The lowest BCUT2D eigenvalue weighted by Gasteiger charge is -2.04. The molecule has 0 aromatic heterocycles. The molecule has 0 unspecified atom stereocenters. The summed E-state index contributed by atoms with van der Waals surface area (Å²) in [7, 11) is 0. The minimum Gasteiger partial charge on any atom is -0.289 e. The first-order valence-electron chi connectivity index (χ1n) is 8.72. The molecule has 0 radical (unpaired) electrons. The van der Waals surface area contributed by atoms with Crippen LogP contribution in [0.3, 0.4) is 0 Å². The lowest BCUT2D eigenvalue weighted by atomic mass is 10.1. The van der Waals surface area contributed by atoms with Crippen molar-refractivity contribution in [2.45, 2.75) is 12.2 Å². The molecule has 1 atom stereocenters. The molecule has 27 heavy (non-hydrogen) atoms. The van der Waals surface area contributed by atoms with Gasteiger partial charge in [-0.15, -0.1) is 23.5 Å². The molecule has 3 rings (SSSR count). The molecule has 1 fully saturated rings. The Morgan fingerprint density at radius 3 is 1.74 bits per heavy atom. The fraction of sp³-hybridized carbons (Fsp3) is 0.130. The number of allylic oxidation sites excluding steroid dienone is 3. The second kappa shape index (κ2) is 9.58. The highest BCUT2D eigenvalue weighted by Gasteiger charge is 2.26. The normalized spacial score (nSPS) is 16.9. The average molecular weight is 393 g/mol. The van der Waals surface area contributed by atoms with Gasteiger partial charge < -0.3 is 0 Å². The van der Waals surface area contributed by atoms with E-state index in [2.05, 4.69) is 6.92 Å². The molecule has 0 spiro atoms. The molecule has 2 aromatic carbocycles. The first kappa shape index (κ1) is 19.5. The van der Waals surface area contributed by atoms with Gasteiger partial charge in [0, 0.05) is 11.0 Å². The van der Waals surface area contributed by atoms with Crippen LogP contribution in [0.15, 0.2) is 82.6 Å². The van der Waals surface area contributed by atoms with Gasteiger partial charge in [0.2, 0.25) is 0 Å². The standard InChI is InChI=1S/C23H20O2S2/c1-17-16-26-23(27-17)22(20(24)14-12-18-8-4-2-5-9-18)21(25)15-13-19-10-6-3-7-11-19/h2-15,17H,16H2,1H3/b14-12+,15-13+/t17-/m0/s1. The first-order valence-corrected chi connectivity index (χ1v) is 10.6. The molecule has 1 aliphatic heterocycles. The number of rotatable bonds is 6. The molecule has 0 amide bonds. The van der Waals surface area contributed by atoms with Crippen LogP contribution in [0, 0.1) is 0 Å². The summed E-state index contributed by atoms with van der Waals surface area (Å²) < 4.78 is 0.827. The van der Waals surface area contributed by atoms with Crippen LogP contribution < -0.4 is 0 Å². The van der Waals surface area contributed by atoms with Gasteiger partial charge in [-0.25, -0.2) is 0 Å². The van der Waals surface area contributed by atoms with Gasteiger partial charge in [0.05, 0.1) is 9.81 Å². The van der Waals surface area contributed by atoms with Crippen molar-refractivity contribution in [3.8, 4) is 0 Å². The number of thioether (sulfide) groups is 2. The Hall–Kier alpha value is -2.30. The Bertz CT molecular complexity index is 833. The zero-order chi connectivity index (χ0) is 19.1. The SMILES string of the molecule is C[C@H]1CSC(=C(C(=O)/C=C/c2ccccc2)C(=O)/C=C/c2ccccc2)S1. The lowest BCUT2D eigenvalue weighted by Crippen LogP contribution is -2.10. The molecule has 0 aliphatic carbocycles. The molecule has 0 bridgehead atoms. The van der Waals surface area contributed by atoms with Crippen LogP contribution in [-0.2, 0) is 9.59 Å². The summed E-state index contributed by atoms with van der Waals surface area (Å²) in [6.45, 7) is 2.11. The topological polar surface area (TPSA) is 34.1 Å². The monoisotopic (exact) mass is 392 g/mol. The fourth-order valence-electron chi connectivity index (χ4n) is 2.54. The number of ketones is 2. The van der Waals surface area contributed by atoms with Crippen molar-refractivity contribution in [3.63, 3.8) is 0 Å². The quantitative estimate of drug-likeness (QED) is 0.362. The van der Waals surface area contributed by atoms with Crippen LogP contribution in [0.5, 0.6) is 0 Å². The molecule has 4 heteroatoms. The third kappa shape index (κ3) is 5.59. The smallest absolute Gasteiger partial charge is 0.191 e. The molecule has 0 saturated carbocycles. The molecule has 2 aromatic rings. The summed E-state index contributed by atoms with van der Waals surface area (Å²) in [6.07, 6.45) is 6.50. The highest BCUT2D eigenvalue weighted by molar-refractivity contribution is 8.25. The zero-order valence-corrected chi connectivity index (χ0v) is 16.6. The fourth-order valence-corrected chi connectivity index (χ4v) is 5.40. The number of benzene rings is 2. The van der Waals surface area contributed by atoms with Crippen molar-refractivity contribution in [1.29, 1.82) is 0 Å². The summed E-state index contributed by atoms with van der Waals surface area (Å²) in [4.78, 5) is 25.7. The predicted molar refractivity (Wildman–Crippen MR) is 118 cm³/mol. The molecular weight excluding hydrogens is 372 g/mol. The zero-order valence-electron chi connectivity index (χ0n) is 15.0. The van der Waals surface area contributed by atoms with Gasteiger partial charge >= 0.3 is 0 Å². The van der Waals surface area contributed by atoms with E-state index >= 15 is 0 Å². The van der Waals surface area contributed by atoms with E-state index in [0.29, 0.717) is 5.25 Å². The summed E-state index contributed by atoms with van der Waals surface area (Å²) in [5.74, 6) is 0.422. The Labute approximate surface area is 168 Å². The van der Waals surface area contributed by atoms with E-state index in [1.54, 1.807) is 35.7 Å². The van der Waals surface area contributed by atoms with Crippen LogP contribution in [0.4, 0.5) is 0 Å². The molecule has 1 saturated heterocycles. The third-order valence-corrected chi connectivity index (χ3v) is 6.88. The van der Waals surface area contributed by atoms with E-state index in [0.717, 1.165) is 21.1 Å². The van der Waals surface area contributed by atoms with E-state index < -0.39 is 0 Å². The van der Waals surface area contributed by atoms with E-state index in [4.69, 9.17) is 0 Å². The van der Waals surface area contributed by atoms with Crippen molar-refractivity contribution in [2.24, 2.45) is 0 Å². The second-order valence-corrected chi connectivity index (χ2v) is 8.86. The van der Waals surface area contributed by atoms with Crippen molar-refractivity contribution in [1.82, 2.24) is 0 Å². The van der Waals surface area contributed by atoms with Crippen molar-refractivity contribution >= 4 is 47.2 Å². The number of hydrogen-bond donors (Lipinski definition) is 0. The first-order chi connectivity index (χ1) is 13.1. The molecule has 1 heterocycles. The van der Waals surface area contributed by atoms with Crippen molar-refractivity contribution in [2.75, 3.05) is 5.75 Å². The van der Waals surface area contributed by atoms with Gasteiger partial charge in [-0.2, -0.15) is 0 Å². The maximum Gasteiger partial charge on any atom is 0.191 e. The lowest BCUT2D eigenvalue weighted by molar-refractivity contribution is -0.116. The van der Waals surface area contributed by atoms with E-state index in [1.165, 1.54) is 12.2 Å². The van der Waals surface area contributed by atoms with E-state index in [9.17, 15) is 9.59 Å². The second-order valence-electron chi connectivity index (χ2n) is 6.12. The third-order valence-electron chi connectivity index (χ3n) is 3.91. The molecule has 1 aliphatic rings. The van der Waals surface area contributed by atoms with Gasteiger partial charge in [0.25, 0.3) is 0 Å². The van der Waals surface area contributed by atoms with Gasteiger partial charge in [-0.05, 0) is 23.3 Å². The number of hydrogen-bond acceptors (Lipinski definition) is 4. The summed E-state index contributed by atoms with van der Waals surface area (Å²) in [5, 5.41) is 0.400. The number of carbonyl (C=O) groups is 2. The highest BCUT2D eigenvalue weighted by atomic mass is 32.2. The van der Waals surface area contributed by atoms with Gasteiger partial charge in [-0.3, -0.25) is 9.59 Å². The molecule has 2 nitrogen and oxygen atoms in total. The van der Waals surface area contributed by atoms with E-state index in [-0.39, 0.29) is 17.1 Å². The largest absolute Gasteiger partial charge is 0.289 e. The van der Waals surface area contributed by atoms with E-state index in [1.807, 2.05) is 60.7 Å². The molecular formula is C23H20O2S2. The predicted octanol–water partition coefficient (Wildman–Crippen LogP) is 5.63. The summed E-state index contributed by atoms with van der Waals surface area (Å²) in [5.41, 5.74) is 2.14. The van der Waals surface area contributed by atoms with Crippen LogP contribution in [-0.4, -0.2) is 22.6 Å². The minimum atomic E-state index is -0.245. The summed E-state index contributed by atoms with van der Waals surface area (Å²) >= 11 is 3.20. The summed E-state index contributed by atoms with van der Waals surface area (Å²) in [6, 6.07) is 19.2. The molecule has 0 N–H and O–H groups in total. The maximum absolute atomic E-state index is 12.8.